The van der Waals surface area contributed by atoms with Gasteiger partial charge in [0.1, 0.15) is 0 Å². The predicted octanol–water partition coefficient (Wildman–Crippen LogP) is 1.91. The van der Waals surface area contributed by atoms with Gasteiger partial charge in [0.25, 0.3) is 0 Å². The van der Waals surface area contributed by atoms with Crippen molar-refractivity contribution in [2.45, 2.75) is 25.8 Å². The number of rotatable bonds is 3. The lowest BCUT2D eigenvalue weighted by Gasteiger charge is -2.36. The molecule has 4 heteroatoms. The van der Waals surface area contributed by atoms with Gasteiger partial charge in [-0.2, -0.15) is 5.26 Å². The van der Waals surface area contributed by atoms with Gasteiger partial charge >= 0.3 is 0 Å². The van der Waals surface area contributed by atoms with E-state index in [1.54, 1.807) is 12.1 Å². The fourth-order valence-corrected chi connectivity index (χ4v) is 2.82. The molecule has 1 aromatic rings. The number of benzene rings is 1. The molecule has 1 atom stereocenters. The summed E-state index contributed by atoms with van der Waals surface area (Å²) in [7, 11) is 1.90. The van der Waals surface area contributed by atoms with Gasteiger partial charge in [-0.05, 0) is 39.1 Å². The summed E-state index contributed by atoms with van der Waals surface area (Å²) in [4.78, 5) is 14.1. The van der Waals surface area contributed by atoms with Crippen LogP contribution >= 0.6 is 0 Å². The molecule has 1 fully saturated rings. The maximum absolute atomic E-state index is 12.3. The second-order valence-electron chi connectivity index (χ2n) is 5.50. The molecule has 19 heavy (non-hydrogen) atoms. The average Bonchev–Trinajstić information content (AvgIpc) is 2.60. The minimum Gasteiger partial charge on any atom is -0.319 e. The highest BCUT2D eigenvalue weighted by molar-refractivity contribution is 5.97. The molecule has 2 rings (SSSR count). The summed E-state index contributed by atoms with van der Waals surface area (Å²) >= 11 is 0. The predicted molar refractivity (Wildman–Crippen MR) is 74.8 cm³/mol. The highest BCUT2D eigenvalue weighted by Gasteiger charge is 2.46. The van der Waals surface area contributed by atoms with Crippen LogP contribution in [0.15, 0.2) is 24.3 Å². The van der Waals surface area contributed by atoms with Crippen molar-refractivity contribution < 1.29 is 4.79 Å². The van der Waals surface area contributed by atoms with E-state index in [0.29, 0.717) is 12.0 Å². The second kappa shape index (κ2) is 5.02. The third-order valence-electron chi connectivity index (χ3n) is 3.93. The van der Waals surface area contributed by atoms with Gasteiger partial charge in [0, 0.05) is 30.1 Å². The third kappa shape index (κ3) is 2.34. The van der Waals surface area contributed by atoms with Crippen LogP contribution in [0.3, 0.4) is 0 Å². The zero-order chi connectivity index (χ0) is 14.0. The molecule has 1 amide bonds. The van der Waals surface area contributed by atoms with Crippen LogP contribution < -0.4 is 10.2 Å². The van der Waals surface area contributed by atoms with Crippen molar-refractivity contribution in [1.82, 2.24) is 5.32 Å². The SMILES string of the molecule is CNCC1CC(=O)N(c2cccc(C#N)c2)C1(C)C. The molecule has 0 saturated carbocycles. The Hall–Kier alpha value is -1.86. The summed E-state index contributed by atoms with van der Waals surface area (Å²) in [5.41, 5.74) is 1.15. The van der Waals surface area contributed by atoms with E-state index < -0.39 is 0 Å². The first-order chi connectivity index (χ1) is 9.00. The Labute approximate surface area is 114 Å². The van der Waals surface area contributed by atoms with Crippen LogP contribution in [-0.2, 0) is 4.79 Å². The molecule has 1 N–H and O–H groups in total. The molecule has 4 nitrogen and oxygen atoms in total. The van der Waals surface area contributed by atoms with Crippen molar-refractivity contribution in [1.29, 1.82) is 5.26 Å². The molecular formula is C15H19N3O. The van der Waals surface area contributed by atoms with Crippen LogP contribution in [0.5, 0.6) is 0 Å². The van der Waals surface area contributed by atoms with Gasteiger partial charge in [0.05, 0.1) is 11.6 Å². The number of carbonyl (C=O) groups is 1. The molecule has 1 saturated heterocycles. The summed E-state index contributed by atoms with van der Waals surface area (Å²) in [6.45, 7) is 4.98. The number of amides is 1. The second-order valence-corrected chi connectivity index (χ2v) is 5.50. The zero-order valence-corrected chi connectivity index (χ0v) is 11.6. The van der Waals surface area contributed by atoms with E-state index in [-0.39, 0.29) is 17.4 Å². The number of nitrogens with one attached hydrogen (secondary N) is 1. The summed E-state index contributed by atoms with van der Waals surface area (Å²) in [6.07, 6.45) is 0.546. The van der Waals surface area contributed by atoms with Gasteiger partial charge in [-0.15, -0.1) is 0 Å². The van der Waals surface area contributed by atoms with E-state index in [1.807, 2.05) is 24.1 Å². The molecule has 1 aliphatic heterocycles. The summed E-state index contributed by atoms with van der Waals surface area (Å²) < 4.78 is 0. The van der Waals surface area contributed by atoms with Crippen molar-refractivity contribution in [3.63, 3.8) is 0 Å². The van der Waals surface area contributed by atoms with Gasteiger partial charge in [0.15, 0.2) is 0 Å². The number of carbonyl (C=O) groups excluding carboxylic acids is 1. The number of nitriles is 1. The molecule has 0 radical (unpaired) electrons. The van der Waals surface area contributed by atoms with Crippen LogP contribution in [0.4, 0.5) is 5.69 Å². The fourth-order valence-electron chi connectivity index (χ4n) is 2.82. The fraction of sp³-hybridized carbons (Fsp3) is 0.467. The van der Waals surface area contributed by atoms with Crippen molar-refractivity contribution in [3.8, 4) is 6.07 Å². The van der Waals surface area contributed by atoms with Crippen LogP contribution in [0.2, 0.25) is 0 Å². The van der Waals surface area contributed by atoms with E-state index in [0.717, 1.165) is 12.2 Å². The van der Waals surface area contributed by atoms with Crippen molar-refractivity contribution in [2.75, 3.05) is 18.5 Å². The smallest absolute Gasteiger partial charge is 0.227 e. The van der Waals surface area contributed by atoms with E-state index in [1.165, 1.54) is 0 Å². The van der Waals surface area contributed by atoms with Crippen LogP contribution in [-0.4, -0.2) is 25.0 Å². The monoisotopic (exact) mass is 257 g/mol. The number of anilines is 1. The maximum atomic E-state index is 12.3. The van der Waals surface area contributed by atoms with Gasteiger partial charge in [0.2, 0.25) is 5.91 Å². The Morgan fingerprint density at radius 1 is 1.53 bits per heavy atom. The van der Waals surface area contributed by atoms with Gasteiger partial charge in [-0.25, -0.2) is 0 Å². The molecule has 1 aliphatic rings. The first-order valence-corrected chi connectivity index (χ1v) is 6.48. The highest BCUT2D eigenvalue weighted by Crippen LogP contribution is 2.38. The molecular weight excluding hydrogens is 238 g/mol. The highest BCUT2D eigenvalue weighted by atomic mass is 16.2. The molecule has 0 spiro atoms. The van der Waals surface area contributed by atoms with E-state index in [9.17, 15) is 4.79 Å². The maximum Gasteiger partial charge on any atom is 0.227 e. The van der Waals surface area contributed by atoms with Crippen LogP contribution in [0.1, 0.15) is 25.8 Å². The lowest BCUT2D eigenvalue weighted by Crippen LogP contribution is -2.46. The number of hydrogen-bond acceptors (Lipinski definition) is 3. The molecule has 100 valence electrons. The van der Waals surface area contributed by atoms with Crippen LogP contribution in [0.25, 0.3) is 0 Å². The minimum absolute atomic E-state index is 0.125. The first-order valence-electron chi connectivity index (χ1n) is 6.48. The first kappa shape index (κ1) is 13.6. The largest absolute Gasteiger partial charge is 0.319 e. The van der Waals surface area contributed by atoms with E-state index >= 15 is 0 Å². The molecule has 1 heterocycles. The Bertz CT molecular complexity index is 530. The summed E-state index contributed by atoms with van der Waals surface area (Å²) in [5, 5.41) is 12.1. The lowest BCUT2D eigenvalue weighted by molar-refractivity contribution is -0.117. The zero-order valence-electron chi connectivity index (χ0n) is 11.6. The van der Waals surface area contributed by atoms with Gasteiger partial charge in [-0.1, -0.05) is 6.07 Å². The standard InChI is InChI=1S/C15H19N3O/c1-15(2)12(10-17-3)8-14(19)18(15)13-6-4-5-11(7-13)9-16/h4-7,12,17H,8,10H2,1-3H3. The Morgan fingerprint density at radius 3 is 2.89 bits per heavy atom. The lowest BCUT2D eigenvalue weighted by atomic mass is 9.88. The number of hydrogen-bond donors (Lipinski definition) is 1. The summed E-state index contributed by atoms with van der Waals surface area (Å²) in [5.74, 6) is 0.399. The van der Waals surface area contributed by atoms with Crippen molar-refractivity contribution in [3.05, 3.63) is 29.8 Å². The van der Waals surface area contributed by atoms with Crippen LogP contribution in [0, 0.1) is 17.2 Å². The summed E-state index contributed by atoms with van der Waals surface area (Å²) in [6, 6.07) is 9.36. The van der Waals surface area contributed by atoms with E-state index in [4.69, 9.17) is 5.26 Å². The Morgan fingerprint density at radius 2 is 2.26 bits per heavy atom. The Kier molecular flexibility index (Phi) is 3.59. The Balaban J connectivity index is 2.38. The van der Waals surface area contributed by atoms with Crippen molar-refractivity contribution >= 4 is 11.6 Å². The van der Waals surface area contributed by atoms with Crippen molar-refractivity contribution in [2.24, 2.45) is 5.92 Å². The van der Waals surface area contributed by atoms with Gasteiger partial charge in [-0.3, -0.25) is 4.79 Å². The molecule has 0 bridgehead atoms. The minimum atomic E-state index is -0.242. The third-order valence-corrected chi connectivity index (χ3v) is 3.93. The molecule has 0 aliphatic carbocycles. The quantitative estimate of drug-likeness (QED) is 0.900. The molecule has 0 aromatic heterocycles. The van der Waals surface area contributed by atoms with E-state index in [2.05, 4.69) is 25.2 Å². The molecule has 1 unspecified atom stereocenters. The molecule has 1 aromatic carbocycles. The topological polar surface area (TPSA) is 56.1 Å². The normalized spacial score (nSPS) is 21.5. The number of nitrogens with zero attached hydrogens (tertiary/aromatic N) is 2. The average molecular weight is 257 g/mol. The van der Waals surface area contributed by atoms with Gasteiger partial charge < -0.3 is 10.2 Å².